The third kappa shape index (κ3) is 3.58. The zero-order chi connectivity index (χ0) is 20.7. The first-order chi connectivity index (χ1) is 14.6. The van der Waals surface area contributed by atoms with E-state index in [0.717, 1.165) is 40.5 Å². The molecule has 0 saturated heterocycles. The average Bonchev–Trinajstić information content (AvgIpc) is 3.32. The zero-order valence-corrected chi connectivity index (χ0v) is 16.4. The Labute approximate surface area is 170 Å². The van der Waals surface area contributed by atoms with Crippen LogP contribution in [0.4, 0.5) is 14.7 Å². The van der Waals surface area contributed by atoms with Gasteiger partial charge in [0, 0.05) is 24.8 Å². The molecule has 4 aromatic rings. The van der Waals surface area contributed by atoms with Gasteiger partial charge in [-0.2, -0.15) is 8.78 Å². The van der Waals surface area contributed by atoms with Crippen LogP contribution in [0.3, 0.4) is 0 Å². The minimum atomic E-state index is -2.71. The molecule has 1 N–H and O–H groups in total. The molecule has 0 aliphatic heterocycles. The highest BCUT2D eigenvalue weighted by Crippen LogP contribution is 2.28. The van der Waals surface area contributed by atoms with Gasteiger partial charge in [-0.1, -0.05) is 11.3 Å². The molecular formula is C20H21F2N7O. The molecule has 0 amide bonds. The molecule has 1 saturated carbocycles. The molecule has 1 fully saturated rings. The van der Waals surface area contributed by atoms with Crippen LogP contribution in [0.5, 0.6) is 0 Å². The van der Waals surface area contributed by atoms with E-state index in [1.165, 1.54) is 0 Å². The van der Waals surface area contributed by atoms with Gasteiger partial charge in [0.2, 0.25) is 5.95 Å². The Hall–Kier alpha value is -3.14. The maximum atomic E-state index is 12.3. The summed E-state index contributed by atoms with van der Waals surface area (Å²) in [6.45, 7) is -2.71. The van der Waals surface area contributed by atoms with Crippen molar-refractivity contribution in [3.8, 4) is 11.1 Å². The van der Waals surface area contributed by atoms with E-state index in [9.17, 15) is 8.78 Å². The number of halogens is 2. The molecule has 30 heavy (non-hydrogen) atoms. The molecular weight excluding hydrogens is 392 g/mol. The van der Waals surface area contributed by atoms with Crippen molar-refractivity contribution in [2.45, 2.75) is 44.4 Å². The molecule has 3 heterocycles. The van der Waals surface area contributed by atoms with Crippen LogP contribution >= 0.6 is 0 Å². The lowest BCUT2D eigenvalue weighted by molar-refractivity contribution is -0.169. The quantitative estimate of drug-likeness (QED) is 0.538. The van der Waals surface area contributed by atoms with Crippen molar-refractivity contribution in [3.63, 3.8) is 0 Å². The number of ether oxygens (including phenoxy) is 1. The van der Waals surface area contributed by atoms with Crippen molar-refractivity contribution in [3.05, 3.63) is 36.7 Å². The van der Waals surface area contributed by atoms with E-state index in [1.807, 2.05) is 31.4 Å². The Kier molecular flexibility index (Phi) is 4.78. The SMILES string of the molecule is Cn1nnc2ccc(-c3ccn4nc(N[C@H]5CC[C@@H](OC(F)F)CC5)ncc34)cc21. The third-order valence-electron chi connectivity index (χ3n) is 5.64. The first-order valence-electron chi connectivity index (χ1n) is 9.91. The lowest BCUT2D eigenvalue weighted by Crippen LogP contribution is -2.31. The molecule has 8 nitrogen and oxygen atoms in total. The summed E-state index contributed by atoms with van der Waals surface area (Å²) >= 11 is 0. The van der Waals surface area contributed by atoms with Crippen LogP contribution in [0.1, 0.15) is 25.7 Å². The topological polar surface area (TPSA) is 82.2 Å². The maximum absolute atomic E-state index is 12.3. The van der Waals surface area contributed by atoms with Gasteiger partial charge in [0.15, 0.2) is 0 Å². The second kappa shape index (κ2) is 7.60. The van der Waals surface area contributed by atoms with Gasteiger partial charge in [0.25, 0.3) is 0 Å². The van der Waals surface area contributed by atoms with Crippen LogP contribution in [-0.4, -0.2) is 48.3 Å². The molecule has 0 bridgehead atoms. The molecule has 0 unspecified atom stereocenters. The van der Waals surface area contributed by atoms with Gasteiger partial charge in [-0.3, -0.25) is 0 Å². The van der Waals surface area contributed by atoms with Crippen molar-refractivity contribution >= 4 is 22.5 Å². The van der Waals surface area contributed by atoms with Gasteiger partial charge in [0.1, 0.15) is 5.52 Å². The smallest absolute Gasteiger partial charge is 0.345 e. The van der Waals surface area contributed by atoms with Gasteiger partial charge in [0.05, 0.1) is 23.3 Å². The number of anilines is 1. The molecule has 1 aromatic carbocycles. The minimum Gasteiger partial charge on any atom is -0.350 e. The molecule has 0 radical (unpaired) electrons. The van der Waals surface area contributed by atoms with Crippen LogP contribution in [0.2, 0.25) is 0 Å². The molecule has 0 atom stereocenters. The van der Waals surface area contributed by atoms with Gasteiger partial charge < -0.3 is 10.1 Å². The number of aromatic nitrogens is 6. The Morgan fingerprint density at radius 2 is 1.97 bits per heavy atom. The molecule has 3 aromatic heterocycles. The second-order valence-corrected chi connectivity index (χ2v) is 7.57. The molecule has 5 rings (SSSR count). The Balaban J connectivity index is 1.33. The Morgan fingerprint density at radius 3 is 2.77 bits per heavy atom. The third-order valence-corrected chi connectivity index (χ3v) is 5.64. The van der Waals surface area contributed by atoms with Crippen LogP contribution in [0.15, 0.2) is 36.7 Å². The molecule has 1 aliphatic carbocycles. The molecule has 1 aliphatic rings. The highest BCUT2D eigenvalue weighted by Gasteiger charge is 2.24. The Bertz CT molecular complexity index is 1180. The van der Waals surface area contributed by atoms with Crippen LogP contribution in [-0.2, 0) is 11.8 Å². The number of nitrogens with zero attached hydrogens (tertiary/aromatic N) is 6. The minimum absolute atomic E-state index is 0.148. The number of alkyl halides is 2. The zero-order valence-electron chi connectivity index (χ0n) is 16.4. The number of benzene rings is 1. The van der Waals surface area contributed by atoms with E-state index >= 15 is 0 Å². The summed E-state index contributed by atoms with van der Waals surface area (Å²) in [5, 5.41) is 16.1. The average molecular weight is 413 g/mol. The lowest BCUT2D eigenvalue weighted by atomic mass is 9.93. The summed E-state index contributed by atoms with van der Waals surface area (Å²) in [5.74, 6) is 0.522. The number of rotatable bonds is 5. The predicted octanol–water partition coefficient (Wildman–Crippen LogP) is 3.64. The van der Waals surface area contributed by atoms with Crippen molar-refractivity contribution in [2.24, 2.45) is 7.05 Å². The second-order valence-electron chi connectivity index (χ2n) is 7.57. The number of hydrogen-bond acceptors (Lipinski definition) is 6. The van der Waals surface area contributed by atoms with E-state index in [-0.39, 0.29) is 12.1 Å². The summed E-state index contributed by atoms with van der Waals surface area (Å²) in [4.78, 5) is 4.47. The first kappa shape index (κ1) is 18.9. The van der Waals surface area contributed by atoms with Gasteiger partial charge in [-0.05, 0) is 49.4 Å². The number of nitrogens with one attached hydrogen (secondary N) is 1. The lowest BCUT2D eigenvalue weighted by Gasteiger charge is -2.28. The predicted molar refractivity (Wildman–Crippen MR) is 107 cm³/mol. The molecule has 0 spiro atoms. The summed E-state index contributed by atoms with van der Waals surface area (Å²) in [6, 6.07) is 8.17. The normalized spacial score (nSPS) is 19.7. The van der Waals surface area contributed by atoms with Gasteiger partial charge >= 0.3 is 6.61 Å². The fourth-order valence-corrected chi connectivity index (χ4v) is 4.08. The highest BCUT2D eigenvalue weighted by atomic mass is 19.3. The first-order valence-corrected chi connectivity index (χ1v) is 9.91. The number of fused-ring (bicyclic) bond motifs is 2. The van der Waals surface area contributed by atoms with E-state index in [2.05, 4.69) is 36.5 Å². The van der Waals surface area contributed by atoms with E-state index in [4.69, 9.17) is 0 Å². The molecule has 10 heteroatoms. The monoisotopic (exact) mass is 413 g/mol. The Morgan fingerprint density at radius 1 is 1.13 bits per heavy atom. The summed E-state index contributed by atoms with van der Waals surface area (Å²) in [7, 11) is 1.87. The number of aryl methyl sites for hydroxylation is 1. The van der Waals surface area contributed by atoms with Gasteiger partial charge in [-0.15, -0.1) is 10.2 Å². The summed E-state index contributed by atoms with van der Waals surface area (Å²) in [6.07, 6.45) is 6.01. The van der Waals surface area contributed by atoms with E-state index < -0.39 is 6.61 Å². The standard InChI is InChI=1S/C20H21F2N7O/c1-28-17-10-12(2-7-16(17)25-27-28)15-8-9-29-18(15)11-23-20(26-29)24-13-3-5-14(6-4-13)30-19(21)22/h2,7-11,13-14,19H,3-6H2,1H3,(H,24,26)/t13-,14+. The van der Waals surface area contributed by atoms with Crippen molar-refractivity contribution < 1.29 is 13.5 Å². The number of hydrogen-bond donors (Lipinski definition) is 1. The summed E-state index contributed by atoms with van der Waals surface area (Å²) < 4.78 is 32.9. The fourth-order valence-electron chi connectivity index (χ4n) is 4.08. The molecule has 156 valence electrons. The van der Waals surface area contributed by atoms with E-state index in [1.54, 1.807) is 15.4 Å². The largest absolute Gasteiger partial charge is 0.350 e. The van der Waals surface area contributed by atoms with Crippen molar-refractivity contribution in [2.75, 3.05) is 5.32 Å². The van der Waals surface area contributed by atoms with Crippen LogP contribution in [0, 0.1) is 0 Å². The summed E-state index contributed by atoms with van der Waals surface area (Å²) in [5.41, 5.74) is 4.76. The van der Waals surface area contributed by atoms with Crippen molar-refractivity contribution in [1.29, 1.82) is 0 Å². The maximum Gasteiger partial charge on any atom is 0.345 e. The van der Waals surface area contributed by atoms with Crippen molar-refractivity contribution in [1.82, 2.24) is 29.6 Å². The fraction of sp³-hybridized carbons (Fsp3) is 0.400. The van der Waals surface area contributed by atoms with Crippen LogP contribution < -0.4 is 5.32 Å². The van der Waals surface area contributed by atoms with E-state index in [0.29, 0.717) is 18.8 Å². The van der Waals surface area contributed by atoms with Crippen LogP contribution in [0.25, 0.3) is 27.7 Å². The highest BCUT2D eigenvalue weighted by molar-refractivity contribution is 5.87. The van der Waals surface area contributed by atoms with Gasteiger partial charge in [-0.25, -0.2) is 14.2 Å².